The molecule has 0 aliphatic carbocycles. The predicted molar refractivity (Wildman–Crippen MR) is 259 cm³/mol. The summed E-state index contributed by atoms with van der Waals surface area (Å²) in [5.41, 5.74) is 6.34. The maximum Gasteiger partial charge on any atom is 0.421 e. The van der Waals surface area contributed by atoms with Crippen LogP contribution in [0.2, 0.25) is 0 Å². The van der Waals surface area contributed by atoms with E-state index in [1.807, 2.05) is 16.3 Å². The van der Waals surface area contributed by atoms with Crippen molar-refractivity contribution < 1.29 is 114 Å². The molecule has 438 valence electrons. The fourth-order valence-corrected chi connectivity index (χ4v) is 6.79. The third-order valence-electron chi connectivity index (χ3n) is 10.6. The van der Waals surface area contributed by atoms with E-state index in [9.17, 15) is 14.4 Å². The Kier molecular flexibility index (Phi) is 36.3. The zero-order valence-corrected chi connectivity index (χ0v) is 43.1. The van der Waals surface area contributed by atoms with Gasteiger partial charge in [-0.1, -0.05) is 6.07 Å². The molecule has 0 aromatic heterocycles. The molecule has 3 aliphatic rings. The first-order valence-corrected chi connectivity index (χ1v) is 25.1. The van der Waals surface area contributed by atoms with Crippen molar-refractivity contribution in [1.82, 2.24) is 16.3 Å². The van der Waals surface area contributed by atoms with E-state index in [4.69, 9.17) is 117 Å². The Hall–Kier alpha value is -4.13. The second-order valence-corrected chi connectivity index (χ2v) is 16.2. The Morgan fingerprint density at radius 3 is 1.18 bits per heavy atom. The van der Waals surface area contributed by atoms with E-state index in [2.05, 4.69) is 0 Å². The van der Waals surface area contributed by atoms with Crippen LogP contribution < -0.4 is 43.3 Å². The molecule has 0 saturated carbocycles. The number of carbonyl (C=O) groups excluding carboxylic acids is 3. The first-order valence-electron chi connectivity index (χ1n) is 25.1. The Balaban J connectivity index is 1.48. The van der Waals surface area contributed by atoms with Gasteiger partial charge >= 0.3 is 18.3 Å². The number of fused-ring (bicyclic) bond motifs is 1. The van der Waals surface area contributed by atoms with Crippen LogP contribution in [0.5, 0.6) is 11.5 Å². The van der Waals surface area contributed by atoms with E-state index < -0.39 is 54.9 Å². The molecule has 1 aromatic carbocycles. The highest BCUT2D eigenvalue weighted by Gasteiger charge is 2.28. The highest BCUT2D eigenvalue weighted by molar-refractivity contribution is 5.66. The molecule has 76 heavy (non-hydrogen) atoms. The van der Waals surface area contributed by atoms with Gasteiger partial charge in [0.15, 0.2) is 11.5 Å². The van der Waals surface area contributed by atoms with Crippen molar-refractivity contribution in [2.75, 3.05) is 198 Å². The smallest absolute Gasteiger partial charge is 0.421 e. The van der Waals surface area contributed by atoms with E-state index in [0.717, 1.165) is 0 Å². The van der Waals surface area contributed by atoms with Crippen LogP contribution in [0, 0.1) is 0 Å². The largest absolute Gasteiger partial charge is 0.487 e. The lowest BCUT2D eigenvalue weighted by Crippen LogP contribution is -2.43. The van der Waals surface area contributed by atoms with Crippen LogP contribution in [0.1, 0.15) is 5.56 Å². The zero-order valence-electron chi connectivity index (χ0n) is 43.1. The molecule has 30 nitrogen and oxygen atoms in total. The van der Waals surface area contributed by atoms with Crippen LogP contribution in [0.3, 0.4) is 0 Å². The summed E-state index contributed by atoms with van der Waals surface area (Å²) in [6.45, 7) is 4.84. The molecule has 6 unspecified atom stereocenters. The number of hydrogen-bond acceptors (Lipinski definition) is 27. The van der Waals surface area contributed by atoms with Crippen LogP contribution in [0.15, 0.2) is 18.2 Å². The quantitative estimate of drug-likeness (QED) is 0.0728. The minimum atomic E-state index is -0.833. The summed E-state index contributed by atoms with van der Waals surface area (Å²) >= 11 is 0. The van der Waals surface area contributed by atoms with Crippen molar-refractivity contribution in [3.05, 3.63) is 23.8 Å². The summed E-state index contributed by atoms with van der Waals surface area (Å²) in [7, 11) is 0. The number of hydrogen-bond donors (Lipinski definition) is 6. The summed E-state index contributed by atoms with van der Waals surface area (Å²) < 4.78 is 123. The second-order valence-electron chi connectivity index (χ2n) is 16.2. The van der Waals surface area contributed by atoms with Gasteiger partial charge in [-0.25, -0.2) is 31.9 Å². The summed E-state index contributed by atoms with van der Waals surface area (Å²) in [5, 5.41) is 0. The van der Waals surface area contributed by atoms with Crippen LogP contribution in [-0.4, -0.2) is 253 Å². The Labute approximate surface area is 441 Å². The number of carbonyl (C=O) groups is 3. The molecule has 2 fully saturated rings. The van der Waals surface area contributed by atoms with Gasteiger partial charge in [-0.3, -0.25) is 16.3 Å². The van der Waals surface area contributed by atoms with Crippen molar-refractivity contribution in [3.8, 4) is 11.5 Å². The van der Waals surface area contributed by atoms with E-state index in [0.29, 0.717) is 69.9 Å². The predicted octanol–water partition coefficient (Wildman–Crippen LogP) is -1.74. The molecule has 2 saturated heterocycles. The van der Waals surface area contributed by atoms with Crippen LogP contribution in [-0.2, 0) is 96.6 Å². The van der Waals surface area contributed by atoms with Crippen molar-refractivity contribution >= 4 is 18.3 Å². The third-order valence-corrected chi connectivity index (χ3v) is 10.6. The number of amides is 3. The normalized spacial score (nSPS) is 25.9. The van der Waals surface area contributed by atoms with Gasteiger partial charge in [0.1, 0.15) is 69.7 Å². The Morgan fingerprint density at radius 2 is 0.724 bits per heavy atom. The Morgan fingerprint density at radius 1 is 0.382 bits per heavy atom. The zero-order chi connectivity index (χ0) is 53.9. The molecule has 0 spiro atoms. The molecule has 4 rings (SSSR count). The van der Waals surface area contributed by atoms with Gasteiger partial charge < -0.3 is 99.5 Å². The topological polar surface area (TPSA) is 359 Å². The number of rotatable bonds is 8. The van der Waals surface area contributed by atoms with Gasteiger partial charge in [-0.15, -0.1) is 0 Å². The summed E-state index contributed by atoms with van der Waals surface area (Å²) in [4.78, 5) is 35.3. The van der Waals surface area contributed by atoms with Crippen molar-refractivity contribution in [1.29, 1.82) is 0 Å². The number of ether oxygens (including phenoxy) is 21. The Bertz CT molecular complexity index is 1650. The van der Waals surface area contributed by atoms with Gasteiger partial charge in [0.05, 0.1) is 172 Å². The molecule has 30 heteroatoms. The summed E-state index contributed by atoms with van der Waals surface area (Å²) in [5.74, 6) is 16.3. The number of hydrazine groups is 3. The molecule has 3 amide bonds. The fourth-order valence-electron chi connectivity index (χ4n) is 6.79. The van der Waals surface area contributed by atoms with Crippen molar-refractivity contribution in [2.45, 2.75) is 43.2 Å². The van der Waals surface area contributed by atoms with Crippen LogP contribution in [0.4, 0.5) is 14.4 Å². The maximum atomic E-state index is 11.8. The summed E-state index contributed by atoms with van der Waals surface area (Å²) in [6, 6.07) is 5.03. The highest BCUT2D eigenvalue weighted by Crippen LogP contribution is 2.29. The lowest BCUT2D eigenvalue weighted by molar-refractivity contribution is -0.158. The van der Waals surface area contributed by atoms with Crippen LogP contribution >= 0.6 is 0 Å². The highest BCUT2D eigenvalue weighted by atomic mass is 16.6. The monoisotopic (exact) mass is 1100 g/mol. The van der Waals surface area contributed by atoms with Crippen molar-refractivity contribution in [2.24, 2.45) is 17.5 Å². The average Bonchev–Trinajstić information content (AvgIpc) is 3.43. The van der Waals surface area contributed by atoms with E-state index in [-0.39, 0.29) is 152 Å². The second kappa shape index (κ2) is 42.8. The molecule has 3 heterocycles. The SMILES string of the molecule is NNC(=O)OCc1ccc2c(c1)OCCOC(C1COCCOCCOC(COC(=O)NN)CO1)COCCOCCOCC(C1COCCOCCOCCOCCOCC(COC(=O)NN)OCCO1)OCCO2. The molecular weight excluding hydrogens is 1020 g/mol. The van der Waals surface area contributed by atoms with Gasteiger partial charge in [0.25, 0.3) is 0 Å². The lowest BCUT2D eigenvalue weighted by atomic mass is 10.2. The fraction of sp³-hybridized carbons (Fsp3) is 0.804. The van der Waals surface area contributed by atoms with Gasteiger partial charge in [-0.05, 0) is 17.7 Å². The standard InChI is InChI=1S/C46H80N6O24/c47-50-44(53)74-26-35-1-2-38-39(25-35)69-22-24-72-42(43-34-65-16-11-60-17-18-66-37(28-73-43)30-76-46(55)52-49)33-64-15-10-59-9-14-63-32-41(71-23-21-68-38)40-31-62-13-8-58-6-4-56-3-5-57-7-12-61-27-36(67-19-20-70-40)29-75-45(54)51-48/h1-2,25,36-37,40-43H,3-24,26-34,47-49H2,(H,50,53)(H,51,54)(H,52,55). The molecular formula is C46H80N6O24. The first-order chi connectivity index (χ1) is 37.4. The molecule has 9 N–H and O–H groups in total. The molecule has 6 atom stereocenters. The van der Waals surface area contributed by atoms with E-state index in [1.54, 1.807) is 18.2 Å². The molecule has 0 bridgehead atoms. The van der Waals surface area contributed by atoms with E-state index in [1.165, 1.54) is 0 Å². The van der Waals surface area contributed by atoms with Gasteiger partial charge in [-0.2, -0.15) is 0 Å². The van der Waals surface area contributed by atoms with Gasteiger partial charge in [0, 0.05) is 0 Å². The van der Waals surface area contributed by atoms with E-state index >= 15 is 0 Å². The average molecular weight is 1100 g/mol. The molecule has 1 aromatic rings. The van der Waals surface area contributed by atoms with Gasteiger partial charge in [0.2, 0.25) is 0 Å². The minimum absolute atomic E-state index is 0.00569. The van der Waals surface area contributed by atoms with Crippen molar-refractivity contribution in [3.63, 3.8) is 0 Å². The summed E-state index contributed by atoms with van der Waals surface area (Å²) in [6.07, 6.45) is -6.60. The lowest BCUT2D eigenvalue weighted by Gasteiger charge is -2.29. The third kappa shape index (κ3) is 30.1. The first kappa shape index (κ1) is 64.4. The molecule has 3 aliphatic heterocycles. The number of nitrogens with two attached hydrogens (primary N) is 3. The molecule has 0 radical (unpaired) electrons. The minimum Gasteiger partial charge on any atom is -0.487 e. The number of nitrogens with one attached hydrogen (secondary N) is 3. The maximum absolute atomic E-state index is 11.8. The number of benzene rings is 1. The van der Waals surface area contributed by atoms with Crippen LogP contribution in [0.25, 0.3) is 0 Å².